The Morgan fingerprint density at radius 3 is 2.70 bits per heavy atom. The number of thiophene rings is 1. The lowest BCUT2D eigenvalue weighted by Crippen LogP contribution is -2.48. The van der Waals surface area contributed by atoms with Crippen molar-refractivity contribution in [2.24, 2.45) is 0 Å². The molecule has 4 nitrogen and oxygen atoms in total. The average molecular weight is 328 g/mol. The highest BCUT2D eigenvalue weighted by atomic mass is 32.1. The van der Waals surface area contributed by atoms with Crippen LogP contribution in [0, 0.1) is 0 Å². The van der Waals surface area contributed by atoms with Gasteiger partial charge in [0.1, 0.15) is 5.75 Å². The van der Waals surface area contributed by atoms with Gasteiger partial charge in [-0.05, 0) is 29.7 Å². The zero-order chi connectivity index (χ0) is 16.1. The van der Waals surface area contributed by atoms with Crippen molar-refractivity contribution < 1.29 is 9.53 Å². The minimum absolute atomic E-state index is 0.0868. The Labute approximate surface area is 140 Å². The second kappa shape index (κ2) is 7.33. The highest BCUT2D eigenvalue weighted by Gasteiger charge is 2.20. The zero-order valence-electron chi connectivity index (χ0n) is 13.1. The number of anilines is 1. The van der Waals surface area contributed by atoms with Gasteiger partial charge in [-0.15, -0.1) is 11.3 Å². The van der Waals surface area contributed by atoms with Crippen molar-refractivity contribution in [1.82, 2.24) is 4.90 Å². The Morgan fingerprint density at radius 1 is 1.17 bits per heavy atom. The maximum Gasteiger partial charge on any atom is 0.246 e. The number of methoxy groups -OCH3 is 1. The predicted molar refractivity (Wildman–Crippen MR) is 95.1 cm³/mol. The molecule has 0 unspecified atom stereocenters. The number of hydrogen-bond donors (Lipinski definition) is 0. The lowest BCUT2D eigenvalue weighted by molar-refractivity contribution is -0.126. The van der Waals surface area contributed by atoms with Crippen molar-refractivity contribution in [3.05, 3.63) is 52.7 Å². The van der Waals surface area contributed by atoms with E-state index in [1.54, 1.807) is 24.5 Å². The molecular formula is C18H20N2O2S. The van der Waals surface area contributed by atoms with Crippen LogP contribution in [-0.2, 0) is 4.79 Å². The van der Waals surface area contributed by atoms with Crippen LogP contribution in [0.15, 0.2) is 47.9 Å². The molecule has 0 saturated carbocycles. The number of carbonyl (C=O) groups excluding carboxylic acids is 1. The van der Waals surface area contributed by atoms with Gasteiger partial charge in [0.2, 0.25) is 5.91 Å². The molecule has 0 spiro atoms. The molecule has 0 N–H and O–H groups in total. The fraction of sp³-hybridized carbons (Fsp3) is 0.278. The van der Waals surface area contributed by atoms with Gasteiger partial charge in [0, 0.05) is 48.9 Å². The first-order valence-electron chi connectivity index (χ1n) is 7.66. The van der Waals surface area contributed by atoms with Crippen molar-refractivity contribution in [3.8, 4) is 5.75 Å². The van der Waals surface area contributed by atoms with Crippen molar-refractivity contribution in [1.29, 1.82) is 0 Å². The largest absolute Gasteiger partial charge is 0.497 e. The Kier molecular flexibility index (Phi) is 4.98. The van der Waals surface area contributed by atoms with Gasteiger partial charge < -0.3 is 14.5 Å². The monoisotopic (exact) mass is 328 g/mol. The molecule has 1 fully saturated rings. The molecule has 0 atom stereocenters. The Hall–Kier alpha value is -2.27. The van der Waals surface area contributed by atoms with Gasteiger partial charge in [-0.3, -0.25) is 4.79 Å². The SMILES string of the molecule is COc1cccc(N2CCN(C(=O)C=Cc3cccs3)CC2)c1. The summed E-state index contributed by atoms with van der Waals surface area (Å²) < 4.78 is 5.27. The first-order valence-corrected chi connectivity index (χ1v) is 8.54. The molecule has 0 aliphatic carbocycles. The molecule has 2 aromatic rings. The van der Waals surface area contributed by atoms with Gasteiger partial charge in [0.15, 0.2) is 0 Å². The summed E-state index contributed by atoms with van der Waals surface area (Å²) in [5.41, 5.74) is 1.14. The summed E-state index contributed by atoms with van der Waals surface area (Å²) in [6, 6.07) is 12.1. The predicted octanol–water partition coefficient (Wildman–Crippen LogP) is 3.12. The standard InChI is InChI=1S/C18H20N2O2S/c1-22-16-5-2-4-15(14-16)19-9-11-20(12-10-19)18(21)8-7-17-6-3-13-23-17/h2-8,13-14H,9-12H2,1H3. The zero-order valence-corrected chi connectivity index (χ0v) is 14.0. The average Bonchev–Trinajstić information content (AvgIpc) is 3.13. The van der Waals surface area contributed by atoms with Crippen LogP contribution in [0.4, 0.5) is 5.69 Å². The van der Waals surface area contributed by atoms with Crippen molar-refractivity contribution >= 4 is 29.0 Å². The summed E-state index contributed by atoms with van der Waals surface area (Å²) in [7, 11) is 1.68. The van der Waals surface area contributed by atoms with Crippen LogP contribution in [0.2, 0.25) is 0 Å². The number of amides is 1. The highest BCUT2D eigenvalue weighted by Crippen LogP contribution is 2.22. The summed E-state index contributed by atoms with van der Waals surface area (Å²) in [5.74, 6) is 0.948. The lowest BCUT2D eigenvalue weighted by Gasteiger charge is -2.35. The fourth-order valence-electron chi connectivity index (χ4n) is 2.64. The van der Waals surface area contributed by atoms with Gasteiger partial charge in [-0.2, -0.15) is 0 Å². The first-order chi connectivity index (χ1) is 11.3. The highest BCUT2D eigenvalue weighted by molar-refractivity contribution is 7.10. The van der Waals surface area contributed by atoms with Gasteiger partial charge in [-0.25, -0.2) is 0 Å². The van der Waals surface area contributed by atoms with Gasteiger partial charge >= 0.3 is 0 Å². The molecule has 1 aliphatic heterocycles. The number of carbonyl (C=O) groups is 1. The van der Waals surface area contributed by atoms with Crippen LogP contribution in [0.1, 0.15) is 4.88 Å². The smallest absolute Gasteiger partial charge is 0.246 e. The van der Waals surface area contributed by atoms with Crippen molar-refractivity contribution in [2.75, 3.05) is 38.2 Å². The minimum Gasteiger partial charge on any atom is -0.497 e. The number of piperazine rings is 1. The lowest BCUT2D eigenvalue weighted by atomic mass is 10.2. The topological polar surface area (TPSA) is 32.8 Å². The summed E-state index contributed by atoms with van der Waals surface area (Å²) in [5, 5.41) is 2.01. The van der Waals surface area contributed by atoms with E-state index in [1.165, 1.54) is 0 Å². The number of benzene rings is 1. The third kappa shape index (κ3) is 3.93. The quantitative estimate of drug-likeness (QED) is 0.809. The second-order valence-electron chi connectivity index (χ2n) is 5.36. The molecule has 1 aliphatic rings. The number of nitrogens with zero attached hydrogens (tertiary/aromatic N) is 2. The fourth-order valence-corrected chi connectivity index (χ4v) is 3.26. The Balaban J connectivity index is 1.56. The molecule has 1 amide bonds. The van der Waals surface area contributed by atoms with Gasteiger partial charge in [-0.1, -0.05) is 12.1 Å². The molecule has 5 heteroatoms. The maximum absolute atomic E-state index is 12.2. The molecule has 1 aromatic carbocycles. The number of hydrogen-bond acceptors (Lipinski definition) is 4. The molecule has 23 heavy (non-hydrogen) atoms. The molecule has 2 heterocycles. The van der Waals surface area contributed by atoms with E-state index < -0.39 is 0 Å². The van der Waals surface area contributed by atoms with E-state index in [9.17, 15) is 4.79 Å². The Morgan fingerprint density at radius 2 is 2.00 bits per heavy atom. The maximum atomic E-state index is 12.2. The van der Waals surface area contributed by atoms with E-state index in [4.69, 9.17) is 4.74 Å². The van der Waals surface area contributed by atoms with Crippen LogP contribution < -0.4 is 9.64 Å². The van der Waals surface area contributed by atoms with E-state index in [0.29, 0.717) is 0 Å². The van der Waals surface area contributed by atoms with E-state index in [-0.39, 0.29) is 5.91 Å². The van der Waals surface area contributed by atoms with Crippen LogP contribution in [-0.4, -0.2) is 44.1 Å². The number of rotatable bonds is 4. The third-order valence-corrected chi connectivity index (χ3v) is 4.78. The molecule has 1 aromatic heterocycles. The summed E-state index contributed by atoms with van der Waals surface area (Å²) in [6.07, 6.45) is 3.56. The molecule has 3 rings (SSSR count). The minimum atomic E-state index is 0.0868. The summed E-state index contributed by atoms with van der Waals surface area (Å²) >= 11 is 1.64. The molecule has 0 bridgehead atoms. The molecule has 1 saturated heterocycles. The Bertz CT molecular complexity index is 674. The normalized spacial score (nSPS) is 15.2. The molecule has 0 radical (unpaired) electrons. The summed E-state index contributed by atoms with van der Waals surface area (Å²) in [6.45, 7) is 3.16. The van der Waals surface area contributed by atoms with E-state index in [0.717, 1.165) is 42.5 Å². The van der Waals surface area contributed by atoms with Crippen LogP contribution in [0.3, 0.4) is 0 Å². The third-order valence-electron chi connectivity index (χ3n) is 3.94. The first kappa shape index (κ1) is 15.6. The molecule has 120 valence electrons. The number of ether oxygens (including phenoxy) is 1. The van der Waals surface area contributed by atoms with E-state index in [1.807, 2.05) is 46.7 Å². The van der Waals surface area contributed by atoms with Crippen LogP contribution in [0.5, 0.6) is 5.75 Å². The van der Waals surface area contributed by atoms with Crippen molar-refractivity contribution in [3.63, 3.8) is 0 Å². The van der Waals surface area contributed by atoms with Crippen LogP contribution >= 0.6 is 11.3 Å². The second-order valence-corrected chi connectivity index (χ2v) is 6.34. The summed E-state index contributed by atoms with van der Waals surface area (Å²) in [4.78, 5) is 17.5. The van der Waals surface area contributed by atoms with Gasteiger partial charge in [0.25, 0.3) is 0 Å². The van der Waals surface area contributed by atoms with E-state index in [2.05, 4.69) is 11.0 Å². The molecular weight excluding hydrogens is 308 g/mol. The van der Waals surface area contributed by atoms with Crippen molar-refractivity contribution in [2.45, 2.75) is 0 Å². The van der Waals surface area contributed by atoms with Crippen LogP contribution in [0.25, 0.3) is 6.08 Å². The van der Waals surface area contributed by atoms with Gasteiger partial charge in [0.05, 0.1) is 7.11 Å². The van der Waals surface area contributed by atoms with E-state index >= 15 is 0 Å².